The van der Waals surface area contributed by atoms with Gasteiger partial charge in [-0.3, -0.25) is 10.2 Å². The first kappa shape index (κ1) is 24.4. The molecule has 7 nitrogen and oxygen atoms in total. The van der Waals surface area contributed by atoms with E-state index in [1.807, 2.05) is 18.2 Å². The minimum absolute atomic E-state index is 0.0608. The number of carbonyl (C=O) groups excluding carboxylic acids is 1. The zero-order valence-electron chi connectivity index (χ0n) is 18.8. The monoisotopic (exact) mass is 452 g/mol. The van der Waals surface area contributed by atoms with E-state index in [-0.39, 0.29) is 5.75 Å². The number of hydrogen-bond donors (Lipinski definition) is 3. The van der Waals surface area contributed by atoms with Gasteiger partial charge in [-0.05, 0) is 62.1 Å². The molecule has 1 heterocycles. The van der Waals surface area contributed by atoms with Gasteiger partial charge in [0.1, 0.15) is 23.9 Å². The number of anilines is 1. The fraction of sp³-hybridized carbons (Fsp3) is 0.346. The molecule has 0 bridgehead atoms. The van der Waals surface area contributed by atoms with Crippen molar-refractivity contribution in [3.63, 3.8) is 0 Å². The SMILES string of the molecule is C=CCC/C=C/C1(O)CCN(CCOc2ccc(OC(=O)Nc3cccc(O)c3)cc2)CC1. The summed E-state index contributed by atoms with van der Waals surface area (Å²) in [5.41, 5.74) is -0.263. The number of unbranched alkanes of at least 4 members (excludes halogenated alkanes) is 1. The van der Waals surface area contributed by atoms with Crippen molar-refractivity contribution >= 4 is 11.8 Å². The molecule has 3 rings (SSSR count). The summed E-state index contributed by atoms with van der Waals surface area (Å²) in [6, 6.07) is 13.1. The number of carbonyl (C=O) groups is 1. The van der Waals surface area contributed by atoms with Crippen LogP contribution in [-0.2, 0) is 0 Å². The second kappa shape index (κ2) is 12.1. The highest BCUT2D eigenvalue weighted by atomic mass is 16.6. The van der Waals surface area contributed by atoms with E-state index in [4.69, 9.17) is 9.47 Å². The van der Waals surface area contributed by atoms with Gasteiger partial charge in [0.05, 0.1) is 5.60 Å². The van der Waals surface area contributed by atoms with Gasteiger partial charge in [-0.2, -0.15) is 0 Å². The maximum Gasteiger partial charge on any atom is 0.417 e. The minimum atomic E-state index is -0.707. The number of nitrogens with zero attached hydrogens (tertiary/aromatic N) is 1. The number of phenolic OH excluding ortho intramolecular Hbond substituents is 1. The van der Waals surface area contributed by atoms with E-state index < -0.39 is 11.7 Å². The minimum Gasteiger partial charge on any atom is -0.508 e. The molecule has 0 spiro atoms. The van der Waals surface area contributed by atoms with Crippen molar-refractivity contribution < 1.29 is 24.5 Å². The van der Waals surface area contributed by atoms with Crippen LogP contribution in [-0.4, -0.2) is 53.0 Å². The molecule has 176 valence electrons. The van der Waals surface area contributed by atoms with Crippen LogP contribution in [0.15, 0.2) is 73.3 Å². The van der Waals surface area contributed by atoms with Crippen molar-refractivity contribution in [2.45, 2.75) is 31.3 Å². The molecule has 1 aliphatic rings. The van der Waals surface area contributed by atoms with E-state index in [0.29, 0.717) is 36.6 Å². The average molecular weight is 453 g/mol. The van der Waals surface area contributed by atoms with E-state index in [1.165, 1.54) is 12.1 Å². The Bertz CT molecular complexity index is 934. The highest BCUT2D eigenvalue weighted by Crippen LogP contribution is 2.24. The number of phenols is 1. The van der Waals surface area contributed by atoms with Crippen LogP contribution in [0.4, 0.5) is 10.5 Å². The molecule has 0 radical (unpaired) electrons. The van der Waals surface area contributed by atoms with Crippen LogP contribution in [0.5, 0.6) is 17.2 Å². The summed E-state index contributed by atoms with van der Waals surface area (Å²) >= 11 is 0. The molecule has 0 aromatic heterocycles. The topological polar surface area (TPSA) is 91.3 Å². The van der Waals surface area contributed by atoms with Gasteiger partial charge in [0.2, 0.25) is 0 Å². The molecule has 3 N–H and O–H groups in total. The van der Waals surface area contributed by atoms with Crippen molar-refractivity contribution in [2.75, 3.05) is 31.6 Å². The number of hydrogen-bond acceptors (Lipinski definition) is 6. The van der Waals surface area contributed by atoms with Gasteiger partial charge in [0, 0.05) is 31.4 Å². The molecule has 0 unspecified atom stereocenters. The second-order valence-corrected chi connectivity index (χ2v) is 8.10. The predicted molar refractivity (Wildman–Crippen MR) is 129 cm³/mol. The number of likely N-dealkylation sites (tertiary alicyclic amines) is 1. The number of aliphatic hydroxyl groups is 1. The molecule has 7 heteroatoms. The van der Waals surface area contributed by atoms with Crippen LogP contribution < -0.4 is 14.8 Å². The molecule has 1 saturated heterocycles. The molecule has 0 atom stereocenters. The molecule has 2 aromatic carbocycles. The third kappa shape index (κ3) is 8.29. The van der Waals surface area contributed by atoms with E-state index in [9.17, 15) is 15.0 Å². The van der Waals surface area contributed by atoms with Gasteiger partial charge >= 0.3 is 6.09 Å². The normalized spacial score (nSPS) is 15.8. The number of ether oxygens (including phenoxy) is 2. The molecular weight excluding hydrogens is 420 g/mol. The smallest absolute Gasteiger partial charge is 0.417 e. The lowest BCUT2D eigenvalue weighted by atomic mass is 9.90. The quantitative estimate of drug-likeness (QED) is 0.357. The Morgan fingerprint density at radius 1 is 1.12 bits per heavy atom. The largest absolute Gasteiger partial charge is 0.508 e. The molecule has 1 aliphatic heterocycles. The maximum atomic E-state index is 12.0. The van der Waals surface area contributed by atoms with Crippen LogP contribution in [0, 0.1) is 0 Å². The third-order valence-electron chi connectivity index (χ3n) is 5.49. The fourth-order valence-corrected chi connectivity index (χ4v) is 3.58. The van der Waals surface area contributed by atoms with Gasteiger partial charge in [0.25, 0.3) is 0 Å². The zero-order chi connectivity index (χ0) is 23.5. The predicted octanol–water partition coefficient (Wildman–Crippen LogP) is 4.73. The van der Waals surface area contributed by atoms with Crippen molar-refractivity contribution in [1.29, 1.82) is 0 Å². The fourth-order valence-electron chi connectivity index (χ4n) is 3.58. The lowest BCUT2D eigenvalue weighted by Gasteiger charge is -2.36. The lowest BCUT2D eigenvalue weighted by Crippen LogP contribution is -2.44. The number of benzene rings is 2. The van der Waals surface area contributed by atoms with Crippen LogP contribution in [0.2, 0.25) is 0 Å². The van der Waals surface area contributed by atoms with Crippen molar-refractivity contribution in [3.05, 3.63) is 73.3 Å². The van der Waals surface area contributed by atoms with Crippen LogP contribution in [0.1, 0.15) is 25.7 Å². The molecule has 2 aromatic rings. The molecule has 1 fully saturated rings. The third-order valence-corrected chi connectivity index (χ3v) is 5.49. The molecule has 0 aliphatic carbocycles. The second-order valence-electron chi connectivity index (χ2n) is 8.10. The Kier molecular flexibility index (Phi) is 8.92. The molecular formula is C26H32N2O5. The highest BCUT2D eigenvalue weighted by Gasteiger charge is 2.29. The highest BCUT2D eigenvalue weighted by molar-refractivity contribution is 5.86. The van der Waals surface area contributed by atoms with Gasteiger partial charge in [0.15, 0.2) is 0 Å². The average Bonchev–Trinajstić information content (AvgIpc) is 2.79. The first-order valence-electron chi connectivity index (χ1n) is 11.2. The number of piperidine rings is 1. The Balaban J connectivity index is 1.36. The number of aromatic hydroxyl groups is 1. The summed E-state index contributed by atoms with van der Waals surface area (Å²) in [6.45, 7) is 6.67. The Hall–Kier alpha value is -3.29. The summed E-state index contributed by atoms with van der Waals surface area (Å²) in [4.78, 5) is 14.3. The van der Waals surface area contributed by atoms with E-state index in [0.717, 1.165) is 32.5 Å². The molecule has 33 heavy (non-hydrogen) atoms. The van der Waals surface area contributed by atoms with Crippen molar-refractivity contribution in [3.8, 4) is 17.2 Å². The van der Waals surface area contributed by atoms with Gasteiger partial charge in [-0.25, -0.2) is 4.79 Å². The Labute approximate surface area is 194 Å². The van der Waals surface area contributed by atoms with E-state index in [2.05, 4.69) is 16.8 Å². The van der Waals surface area contributed by atoms with Crippen LogP contribution in [0.25, 0.3) is 0 Å². The van der Waals surface area contributed by atoms with Crippen molar-refractivity contribution in [1.82, 2.24) is 4.90 Å². The first-order chi connectivity index (χ1) is 16.0. The molecule has 1 amide bonds. The van der Waals surface area contributed by atoms with Gasteiger partial charge in [-0.1, -0.05) is 24.3 Å². The molecule has 0 saturated carbocycles. The summed E-state index contributed by atoms with van der Waals surface area (Å²) in [6.07, 6.45) is 8.50. The zero-order valence-corrected chi connectivity index (χ0v) is 18.8. The van der Waals surface area contributed by atoms with Crippen LogP contribution in [0.3, 0.4) is 0 Å². The summed E-state index contributed by atoms with van der Waals surface area (Å²) in [5, 5.41) is 22.7. The number of amides is 1. The summed E-state index contributed by atoms with van der Waals surface area (Å²) in [5.74, 6) is 1.14. The Morgan fingerprint density at radius 2 is 1.85 bits per heavy atom. The summed E-state index contributed by atoms with van der Waals surface area (Å²) < 4.78 is 11.1. The number of allylic oxidation sites excluding steroid dienone is 2. The standard InChI is InChI=1S/C26H32N2O5/c1-2-3-4-5-13-26(31)14-16-28(17-15-26)18-19-32-23-9-11-24(12-10-23)33-25(30)27-21-7-6-8-22(29)20-21/h2,5-13,20,29,31H,1,3-4,14-19H2,(H,27,30)/b13-5+. The van der Waals surface area contributed by atoms with Crippen molar-refractivity contribution in [2.24, 2.45) is 0 Å². The van der Waals surface area contributed by atoms with Gasteiger partial charge < -0.3 is 19.7 Å². The Morgan fingerprint density at radius 3 is 2.55 bits per heavy atom. The maximum absolute atomic E-state index is 12.0. The van der Waals surface area contributed by atoms with Gasteiger partial charge in [-0.15, -0.1) is 6.58 Å². The van der Waals surface area contributed by atoms with E-state index in [1.54, 1.807) is 36.4 Å². The number of rotatable bonds is 10. The summed E-state index contributed by atoms with van der Waals surface area (Å²) in [7, 11) is 0. The van der Waals surface area contributed by atoms with E-state index >= 15 is 0 Å². The van der Waals surface area contributed by atoms with Crippen LogP contribution >= 0.6 is 0 Å². The first-order valence-corrected chi connectivity index (χ1v) is 11.2. The lowest BCUT2D eigenvalue weighted by molar-refractivity contribution is 0.0157. The number of nitrogens with one attached hydrogen (secondary N) is 1.